The van der Waals surface area contributed by atoms with Gasteiger partial charge in [-0.25, -0.2) is 0 Å². The average Bonchev–Trinajstić information content (AvgIpc) is 2.44. The highest BCUT2D eigenvalue weighted by molar-refractivity contribution is 5.28. The number of benzene rings is 1. The third kappa shape index (κ3) is 3.98. The van der Waals surface area contributed by atoms with E-state index in [9.17, 15) is 10.2 Å². The Hall–Kier alpha value is -1.10. The van der Waals surface area contributed by atoms with E-state index in [1.807, 2.05) is 38.1 Å². The molecular formula is C14H23NO3. The van der Waals surface area contributed by atoms with Crippen molar-refractivity contribution in [1.82, 2.24) is 5.32 Å². The molecule has 102 valence electrons. The summed E-state index contributed by atoms with van der Waals surface area (Å²) in [6.45, 7) is 4.41. The summed E-state index contributed by atoms with van der Waals surface area (Å²) >= 11 is 0. The summed E-state index contributed by atoms with van der Waals surface area (Å²) in [5, 5.41) is 22.5. The van der Waals surface area contributed by atoms with Crippen molar-refractivity contribution >= 4 is 0 Å². The minimum atomic E-state index is -0.590. The van der Waals surface area contributed by atoms with Gasteiger partial charge in [-0.15, -0.1) is 0 Å². The fourth-order valence-electron chi connectivity index (χ4n) is 1.58. The molecule has 4 nitrogen and oxygen atoms in total. The summed E-state index contributed by atoms with van der Waals surface area (Å²) < 4.78 is 5.07. The number of hydrogen-bond donors (Lipinski definition) is 3. The number of aliphatic hydroxyl groups is 2. The van der Waals surface area contributed by atoms with Gasteiger partial charge in [-0.3, -0.25) is 0 Å². The van der Waals surface area contributed by atoms with Crippen LogP contribution in [-0.2, 0) is 0 Å². The molecule has 0 aliphatic heterocycles. The van der Waals surface area contributed by atoms with Crippen molar-refractivity contribution < 1.29 is 14.9 Å². The molecule has 0 fully saturated rings. The average molecular weight is 253 g/mol. The van der Waals surface area contributed by atoms with Crippen molar-refractivity contribution in [2.45, 2.75) is 31.9 Å². The summed E-state index contributed by atoms with van der Waals surface area (Å²) in [7, 11) is 1.61. The molecule has 2 unspecified atom stereocenters. The summed E-state index contributed by atoms with van der Waals surface area (Å²) in [5.74, 6) is 0.771. The first kappa shape index (κ1) is 15.0. The van der Waals surface area contributed by atoms with E-state index in [-0.39, 0.29) is 12.1 Å². The molecule has 0 aromatic heterocycles. The fraction of sp³-hybridized carbons (Fsp3) is 0.571. The molecule has 1 aromatic carbocycles. The second-order valence-corrected chi connectivity index (χ2v) is 4.74. The molecular weight excluding hydrogens is 230 g/mol. The number of hydrogen-bond acceptors (Lipinski definition) is 4. The summed E-state index contributed by atoms with van der Waals surface area (Å²) in [6, 6.07) is 7.33. The number of ether oxygens (including phenoxy) is 1. The largest absolute Gasteiger partial charge is 0.497 e. The second-order valence-electron chi connectivity index (χ2n) is 4.74. The molecule has 4 heteroatoms. The molecule has 1 aromatic rings. The van der Waals surface area contributed by atoms with E-state index in [0.717, 1.165) is 17.7 Å². The van der Waals surface area contributed by atoms with Crippen LogP contribution in [0.3, 0.4) is 0 Å². The number of rotatable bonds is 7. The van der Waals surface area contributed by atoms with Gasteiger partial charge in [0.05, 0.1) is 19.8 Å². The standard InChI is InChI=1S/C14H23NO3/c1-4-14(2,10-16)15-9-13(17)11-5-7-12(18-3)8-6-11/h5-8,13,15-17H,4,9-10H2,1-3H3. The zero-order chi connectivity index (χ0) is 13.6. The minimum absolute atomic E-state index is 0.0544. The number of β-amino-alcohol motifs (C(OH)–C–C–N with tert-alkyl or cyclic N) is 1. The van der Waals surface area contributed by atoms with Crippen molar-refractivity contribution in [2.24, 2.45) is 0 Å². The van der Waals surface area contributed by atoms with Gasteiger partial charge >= 0.3 is 0 Å². The van der Waals surface area contributed by atoms with Crippen LogP contribution in [0.25, 0.3) is 0 Å². The van der Waals surface area contributed by atoms with Gasteiger partial charge in [0.2, 0.25) is 0 Å². The van der Waals surface area contributed by atoms with Gasteiger partial charge in [-0.1, -0.05) is 19.1 Å². The van der Waals surface area contributed by atoms with E-state index in [4.69, 9.17) is 4.74 Å². The van der Waals surface area contributed by atoms with Crippen LogP contribution in [0.2, 0.25) is 0 Å². The molecule has 0 saturated carbocycles. The Bertz CT molecular complexity index is 347. The highest BCUT2D eigenvalue weighted by atomic mass is 16.5. The lowest BCUT2D eigenvalue weighted by atomic mass is 9.99. The molecule has 18 heavy (non-hydrogen) atoms. The van der Waals surface area contributed by atoms with Crippen molar-refractivity contribution in [2.75, 3.05) is 20.3 Å². The maximum absolute atomic E-state index is 10.1. The number of nitrogens with one attached hydrogen (secondary N) is 1. The monoisotopic (exact) mass is 253 g/mol. The van der Waals surface area contributed by atoms with E-state index >= 15 is 0 Å². The molecule has 0 amide bonds. The van der Waals surface area contributed by atoms with Gasteiger partial charge in [0.1, 0.15) is 5.75 Å². The predicted octanol–water partition coefficient (Wildman–Crippen LogP) is 1.48. The minimum Gasteiger partial charge on any atom is -0.497 e. The first-order valence-electron chi connectivity index (χ1n) is 6.22. The van der Waals surface area contributed by atoms with Gasteiger partial charge in [-0.05, 0) is 31.0 Å². The second kappa shape index (κ2) is 6.73. The molecule has 0 heterocycles. The van der Waals surface area contributed by atoms with Crippen LogP contribution in [0.5, 0.6) is 5.75 Å². The van der Waals surface area contributed by atoms with Crippen LogP contribution in [0.1, 0.15) is 31.9 Å². The SMILES string of the molecule is CCC(C)(CO)NCC(O)c1ccc(OC)cc1. The van der Waals surface area contributed by atoms with Crippen LogP contribution in [0.4, 0.5) is 0 Å². The number of methoxy groups -OCH3 is 1. The van der Waals surface area contributed by atoms with Gasteiger partial charge in [-0.2, -0.15) is 0 Å². The topological polar surface area (TPSA) is 61.7 Å². The third-order valence-electron chi connectivity index (χ3n) is 3.35. The first-order valence-corrected chi connectivity index (χ1v) is 6.22. The van der Waals surface area contributed by atoms with Crippen LogP contribution in [-0.4, -0.2) is 36.0 Å². The molecule has 0 aliphatic carbocycles. The number of aliphatic hydroxyl groups excluding tert-OH is 2. The Kier molecular flexibility index (Phi) is 5.59. The van der Waals surface area contributed by atoms with Crippen LogP contribution >= 0.6 is 0 Å². The summed E-state index contributed by atoms with van der Waals surface area (Å²) in [6.07, 6.45) is 0.215. The van der Waals surface area contributed by atoms with Gasteiger partial charge in [0.15, 0.2) is 0 Å². The smallest absolute Gasteiger partial charge is 0.118 e. The van der Waals surface area contributed by atoms with E-state index in [1.165, 1.54) is 0 Å². The van der Waals surface area contributed by atoms with Crippen molar-refractivity contribution in [3.63, 3.8) is 0 Å². The van der Waals surface area contributed by atoms with Crippen LogP contribution in [0.15, 0.2) is 24.3 Å². The molecule has 0 aliphatic rings. The molecule has 0 saturated heterocycles. The Morgan fingerprint density at radius 1 is 1.33 bits per heavy atom. The third-order valence-corrected chi connectivity index (χ3v) is 3.35. The first-order chi connectivity index (χ1) is 8.54. The predicted molar refractivity (Wildman–Crippen MR) is 71.7 cm³/mol. The zero-order valence-electron chi connectivity index (χ0n) is 11.3. The summed E-state index contributed by atoms with van der Waals surface area (Å²) in [5.41, 5.74) is 0.493. The van der Waals surface area contributed by atoms with Crippen LogP contribution < -0.4 is 10.1 Å². The highest BCUT2D eigenvalue weighted by Crippen LogP contribution is 2.18. The van der Waals surface area contributed by atoms with E-state index in [2.05, 4.69) is 5.32 Å². The van der Waals surface area contributed by atoms with Crippen molar-refractivity contribution in [3.05, 3.63) is 29.8 Å². The molecule has 0 bridgehead atoms. The van der Waals surface area contributed by atoms with Gasteiger partial charge < -0.3 is 20.3 Å². The lowest BCUT2D eigenvalue weighted by molar-refractivity contribution is 0.126. The van der Waals surface area contributed by atoms with Crippen molar-refractivity contribution in [3.8, 4) is 5.75 Å². The quantitative estimate of drug-likeness (QED) is 0.689. The van der Waals surface area contributed by atoms with Gasteiger partial charge in [0.25, 0.3) is 0 Å². The molecule has 3 N–H and O–H groups in total. The highest BCUT2D eigenvalue weighted by Gasteiger charge is 2.21. The molecule has 2 atom stereocenters. The fourth-order valence-corrected chi connectivity index (χ4v) is 1.58. The molecule has 0 spiro atoms. The summed E-state index contributed by atoms with van der Waals surface area (Å²) in [4.78, 5) is 0. The van der Waals surface area contributed by atoms with Crippen molar-refractivity contribution in [1.29, 1.82) is 0 Å². The van der Waals surface area contributed by atoms with E-state index in [0.29, 0.717) is 6.54 Å². The van der Waals surface area contributed by atoms with Crippen LogP contribution in [0, 0.1) is 0 Å². The zero-order valence-corrected chi connectivity index (χ0v) is 11.3. The Morgan fingerprint density at radius 2 is 1.94 bits per heavy atom. The molecule has 0 radical (unpaired) electrons. The van der Waals surface area contributed by atoms with Gasteiger partial charge in [0, 0.05) is 12.1 Å². The van der Waals surface area contributed by atoms with E-state index < -0.39 is 6.10 Å². The maximum Gasteiger partial charge on any atom is 0.118 e. The normalized spacial score (nSPS) is 16.1. The maximum atomic E-state index is 10.1. The Morgan fingerprint density at radius 3 is 2.39 bits per heavy atom. The van der Waals surface area contributed by atoms with E-state index in [1.54, 1.807) is 7.11 Å². The Balaban J connectivity index is 2.56. The lowest BCUT2D eigenvalue weighted by Crippen LogP contribution is -2.46. The lowest BCUT2D eigenvalue weighted by Gasteiger charge is -2.28. The molecule has 1 rings (SSSR count). The Labute approximate surface area is 109 Å².